The van der Waals surface area contributed by atoms with Crippen LogP contribution in [0, 0.1) is 0 Å². The Morgan fingerprint density at radius 1 is 0.963 bits per heavy atom. The van der Waals surface area contributed by atoms with E-state index in [1.54, 1.807) is 0 Å². The van der Waals surface area contributed by atoms with Gasteiger partial charge in [-0.25, -0.2) is 8.42 Å². The van der Waals surface area contributed by atoms with Crippen molar-refractivity contribution in [2.24, 2.45) is 0 Å². The zero-order chi connectivity index (χ0) is 19.3. The van der Waals surface area contributed by atoms with E-state index in [9.17, 15) is 18.0 Å². The van der Waals surface area contributed by atoms with Crippen LogP contribution < -0.4 is 0 Å². The Bertz CT molecular complexity index is 1020. The van der Waals surface area contributed by atoms with E-state index in [4.69, 9.17) is 27.6 Å². The lowest BCUT2D eigenvalue weighted by Crippen LogP contribution is -2.29. The highest BCUT2D eigenvalue weighted by molar-refractivity contribution is 7.89. The molecule has 2 aromatic rings. The molecule has 2 amide bonds. The summed E-state index contributed by atoms with van der Waals surface area (Å²) >= 11 is 11.9. The molecule has 0 N–H and O–H groups in total. The molecule has 10 heteroatoms. The number of imide groups is 1. The third-order valence-corrected chi connectivity index (χ3v) is 7.12. The minimum absolute atomic E-state index is 0.158. The summed E-state index contributed by atoms with van der Waals surface area (Å²) in [6.07, 6.45) is 1.62. The van der Waals surface area contributed by atoms with Gasteiger partial charge in [-0.1, -0.05) is 23.2 Å². The fraction of sp³-hybridized carbons (Fsp3) is 0.294. The summed E-state index contributed by atoms with van der Waals surface area (Å²) < 4.78 is 31.8. The maximum Gasteiger partial charge on any atom is 0.276 e. The van der Waals surface area contributed by atoms with Crippen molar-refractivity contribution in [2.75, 3.05) is 13.1 Å². The second-order valence-electron chi connectivity index (χ2n) is 6.34. The van der Waals surface area contributed by atoms with Gasteiger partial charge in [-0.2, -0.15) is 4.31 Å². The van der Waals surface area contributed by atoms with E-state index < -0.39 is 21.8 Å². The summed E-state index contributed by atoms with van der Waals surface area (Å²) in [7, 11) is -3.70. The zero-order valence-electron chi connectivity index (χ0n) is 13.9. The summed E-state index contributed by atoms with van der Waals surface area (Å²) in [6, 6.07) is 5.50. The van der Waals surface area contributed by atoms with Gasteiger partial charge in [-0.05, 0) is 37.1 Å². The average molecular weight is 429 g/mol. The fourth-order valence-corrected chi connectivity index (χ4v) is 4.99. The number of carbonyl (C=O) groups is 2. The summed E-state index contributed by atoms with van der Waals surface area (Å²) in [5.41, 5.74) is 0.316. The van der Waals surface area contributed by atoms with E-state index in [1.807, 2.05) is 0 Å². The van der Waals surface area contributed by atoms with E-state index in [2.05, 4.69) is 0 Å². The van der Waals surface area contributed by atoms with E-state index in [0.717, 1.165) is 17.7 Å². The predicted octanol–water partition coefficient (Wildman–Crippen LogP) is 3.17. The van der Waals surface area contributed by atoms with Crippen LogP contribution in [0.3, 0.4) is 0 Å². The van der Waals surface area contributed by atoms with E-state index in [1.165, 1.54) is 28.6 Å². The highest BCUT2D eigenvalue weighted by atomic mass is 35.5. The van der Waals surface area contributed by atoms with Crippen molar-refractivity contribution in [3.63, 3.8) is 0 Å². The molecule has 7 nitrogen and oxygen atoms in total. The van der Waals surface area contributed by atoms with E-state index in [0.29, 0.717) is 13.1 Å². The lowest BCUT2D eigenvalue weighted by Gasteiger charge is -2.13. The third kappa shape index (κ3) is 3.06. The molecule has 0 atom stereocenters. The van der Waals surface area contributed by atoms with Crippen LogP contribution in [0.5, 0.6) is 0 Å². The summed E-state index contributed by atoms with van der Waals surface area (Å²) in [4.78, 5) is 26.0. The minimum atomic E-state index is -3.70. The first-order valence-electron chi connectivity index (χ1n) is 8.23. The Hall–Kier alpha value is -1.87. The van der Waals surface area contributed by atoms with Gasteiger partial charge in [-0.3, -0.25) is 14.5 Å². The number of furan rings is 1. The van der Waals surface area contributed by atoms with Crippen molar-refractivity contribution < 1.29 is 22.4 Å². The average Bonchev–Trinajstić information content (AvgIpc) is 3.35. The number of hydrogen-bond donors (Lipinski definition) is 0. The standard InChI is InChI=1S/C17H14Cl2N2O5S/c18-13-7-11-12(8-14(13)19)17(23)21(16(11)22)9-10-3-4-15(26-10)27(24,25)20-5-1-2-6-20/h3-4,7-8H,1-2,5-6,9H2. The first-order chi connectivity index (χ1) is 12.8. The van der Waals surface area contributed by atoms with Crippen LogP contribution in [0.15, 0.2) is 33.8 Å². The Balaban J connectivity index is 1.58. The number of amides is 2. The molecule has 0 saturated carbocycles. The van der Waals surface area contributed by atoms with Crippen LogP contribution in [-0.4, -0.2) is 42.5 Å². The summed E-state index contributed by atoms with van der Waals surface area (Å²) in [6.45, 7) is 0.730. The third-order valence-electron chi connectivity index (χ3n) is 4.62. The van der Waals surface area contributed by atoms with Gasteiger partial charge in [0.25, 0.3) is 21.8 Å². The van der Waals surface area contributed by atoms with Crippen LogP contribution in [0.2, 0.25) is 10.0 Å². The number of sulfonamides is 1. The van der Waals surface area contributed by atoms with Gasteiger partial charge in [0.2, 0.25) is 5.09 Å². The second kappa shape index (κ2) is 6.63. The molecule has 27 heavy (non-hydrogen) atoms. The van der Waals surface area contributed by atoms with Crippen LogP contribution in [0.1, 0.15) is 39.3 Å². The Morgan fingerprint density at radius 2 is 1.52 bits per heavy atom. The Morgan fingerprint density at radius 3 is 2.07 bits per heavy atom. The first-order valence-corrected chi connectivity index (χ1v) is 10.4. The lowest BCUT2D eigenvalue weighted by atomic mass is 10.1. The molecule has 1 saturated heterocycles. The number of halogens is 2. The monoisotopic (exact) mass is 428 g/mol. The van der Waals surface area contributed by atoms with Crippen LogP contribution >= 0.6 is 23.2 Å². The molecule has 4 rings (SSSR count). The molecule has 1 aromatic heterocycles. The zero-order valence-corrected chi connectivity index (χ0v) is 16.3. The van der Waals surface area contributed by atoms with Gasteiger partial charge in [0.05, 0.1) is 27.7 Å². The number of carbonyl (C=O) groups excluding carboxylic acids is 2. The summed E-state index contributed by atoms with van der Waals surface area (Å²) in [5.74, 6) is -0.873. The normalized spacial score (nSPS) is 17.8. The predicted molar refractivity (Wildman–Crippen MR) is 97.4 cm³/mol. The molecule has 0 aliphatic carbocycles. The molecule has 0 radical (unpaired) electrons. The number of fused-ring (bicyclic) bond motifs is 1. The SMILES string of the molecule is O=C1c2cc(Cl)c(Cl)cc2C(=O)N1Cc1ccc(S(=O)(=O)N2CCCC2)o1. The van der Waals surface area contributed by atoms with Gasteiger partial charge >= 0.3 is 0 Å². The first kappa shape index (κ1) is 18.5. The smallest absolute Gasteiger partial charge is 0.276 e. The highest BCUT2D eigenvalue weighted by Crippen LogP contribution is 2.32. The molecule has 2 aliphatic heterocycles. The van der Waals surface area contributed by atoms with Crippen molar-refractivity contribution in [2.45, 2.75) is 24.5 Å². The Labute approximate surface area is 165 Å². The molecule has 2 aliphatic rings. The maximum absolute atomic E-state index is 12.5. The largest absolute Gasteiger partial charge is 0.446 e. The molecular formula is C17H14Cl2N2O5S. The van der Waals surface area contributed by atoms with Crippen molar-refractivity contribution in [1.29, 1.82) is 0 Å². The van der Waals surface area contributed by atoms with Gasteiger partial charge in [0.15, 0.2) is 0 Å². The molecular weight excluding hydrogens is 415 g/mol. The molecule has 0 bridgehead atoms. The van der Waals surface area contributed by atoms with E-state index in [-0.39, 0.29) is 38.6 Å². The second-order valence-corrected chi connectivity index (χ2v) is 9.02. The summed E-state index contributed by atoms with van der Waals surface area (Å²) in [5, 5.41) is 0.160. The van der Waals surface area contributed by atoms with Crippen LogP contribution in [0.4, 0.5) is 0 Å². The molecule has 0 spiro atoms. The van der Waals surface area contributed by atoms with Gasteiger partial charge in [0, 0.05) is 13.1 Å². The highest BCUT2D eigenvalue weighted by Gasteiger charge is 2.37. The van der Waals surface area contributed by atoms with Crippen molar-refractivity contribution in [1.82, 2.24) is 9.21 Å². The van der Waals surface area contributed by atoms with Crippen molar-refractivity contribution in [3.8, 4) is 0 Å². The van der Waals surface area contributed by atoms with Crippen molar-refractivity contribution >= 4 is 45.0 Å². The fourth-order valence-electron chi connectivity index (χ4n) is 3.22. The number of nitrogens with zero attached hydrogens (tertiary/aromatic N) is 2. The number of benzene rings is 1. The quantitative estimate of drug-likeness (QED) is 0.697. The molecule has 142 valence electrons. The van der Waals surface area contributed by atoms with Crippen LogP contribution in [-0.2, 0) is 16.6 Å². The maximum atomic E-state index is 12.5. The van der Waals surface area contributed by atoms with Crippen LogP contribution in [0.25, 0.3) is 0 Å². The molecule has 3 heterocycles. The van der Waals surface area contributed by atoms with Gasteiger partial charge in [0.1, 0.15) is 5.76 Å². The Kier molecular flexibility index (Phi) is 4.54. The minimum Gasteiger partial charge on any atom is -0.446 e. The lowest BCUT2D eigenvalue weighted by molar-refractivity contribution is 0.0629. The van der Waals surface area contributed by atoms with Gasteiger partial charge in [-0.15, -0.1) is 0 Å². The molecule has 0 unspecified atom stereocenters. The molecule has 1 fully saturated rings. The van der Waals surface area contributed by atoms with Gasteiger partial charge < -0.3 is 4.42 Å². The topological polar surface area (TPSA) is 87.9 Å². The van der Waals surface area contributed by atoms with E-state index >= 15 is 0 Å². The van der Waals surface area contributed by atoms with Crippen molar-refractivity contribution in [3.05, 3.63) is 51.2 Å². The molecule has 1 aromatic carbocycles. The number of rotatable bonds is 4. The number of hydrogen-bond acceptors (Lipinski definition) is 5.